The number of rotatable bonds is 5. The highest BCUT2D eigenvalue weighted by molar-refractivity contribution is 5.24. The zero-order valence-electron chi connectivity index (χ0n) is 13.3. The fourth-order valence-electron chi connectivity index (χ4n) is 2.22. The zero-order chi connectivity index (χ0) is 17.3. The molecule has 2 aromatic heterocycles. The molecule has 0 bridgehead atoms. The van der Waals surface area contributed by atoms with E-state index >= 15 is 0 Å². The van der Waals surface area contributed by atoms with Gasteiger partial charge >= 0.3 is 0 Å². The molecule has 0 saturated carbocycles. The lowest BCUT2D eigenvalue weighted by Crippen LogP contribution is -2.30. The van der Waals surface area contributed by atoms with Gasteiger partial charge in [-0.3, -0.25) is 0 Å². The number of aliphatic hydroxyl groups is 1. The Hall–Kier alpha value is -2.58. The Morgan fingerprint density at radius 2 is 2.04 bits per heavy atom. The van der Waals surface area contributed by atoms with Gasteiger partial charge < -0.3 is 19.9 Å². The molecule has 24 heavy (non-hydrogen) atoms. The summed E-state index contributed by atoms with van der Waals surface area (Å²) in [5, 5.41) is 14.3. The lowest BCUT2D eigenvalue weighted by atomic mass is 10.1. The van der Waals surface area contributed by atoms with Gasteiger partial charge in [0.25, 0.3) is 0 Å². The van der Waals surface area contributed by atoms with Crippen LogP contribution in [0.3, 0.4) is 0 Å². The molecule has 0 amide bonds. The van der Waals surface area contributed by atoms with Crippen LogP contribution in [0.4, 0.5) is 4.39 Å². The maximum Gasteiger partial charge on any atom is 0.246 e. The molecule has 0 spiro atoms. The summed E-state index contributed by atoms with van der Waals surface area (Å²) in [5.74, 6) is 0.790. The van der Waals surface area contributed by atoms with Crippen molar-refractivity contribution in [1.29, 1.82) is 0 Å². The van der Waals surface area contributed by atoms with Crippen molar-refractivity contribution in [2.75, 3.05) is 0 Å². The highest BCUT2D eigenvalue weighted by atomic mass is 19.1. The number of aromatic nitrogens is 4. The van der Waals surface area contributed by atoms with Crippen molar-refractivity contribution in [1.82, 2.24) is 19.7 Å². The van der Waals surface area contributed by atoms with E-state index in [1.165, 1.54) is 24.3 Å². The second-order valence-electron chi connectivity index (χ2n) is 6.10. The second-order valence-corrected chi connectivity index (χ2v) is 6.10. The fourth-order valence-corrected chi connectivity index (χ4v) is 2.22. The highest BCUT2D eigenvalue weighted by Gasteiger charge is 2.23. The van der Waals surface area contributed by atoms with Crippen LogP contribution in [0.2, 0.25) is 0 Å². The second kappa shape index (κ2) is 6.14. The van der Waals surface area contributed by atoms with E-state index < -0.39 is 11.6 Å². The SMILES string of the molecule is CC(C)(N)c1noc(Cn2ccnc2C(O)c2ccc(F)cc2)n1. The minimum atomic E-state index is -0.992. The van der Waals surface area contributed by atoms with Crippen LogP contribution in [-0.4, -0.2) is 24.8 Å². The first-order valence-electron chi connectivity index (χ1n) is 7.41. The predicted molar refractivity (Wildman–Crippen MR) is 83.3 cm³/mol. The average Bonchev–Trinajstić information content (AvgIpc) is 3.17. The van der Waals surface area contributed by atoms with Gasteiger partial charge in [-0.25, -0.2) is 9.37 Å². The Morgan fingerprint density at radius 1 is 1.33 bits per heavy atom. The van der Waals surface area contributed by atoms with Crippen LogP contribution < -0.4 is 5.73 Å². The summed E-state index contributed by atoms with van der Waals surface area (Å²) in [6, 6.07) is 5.61. The number of nitrogens with zero attached hydrogens (tertiary/aromatic N) is 4. The van der Waals surface area contributed by atoms with E-state index in [4.69, 9.17) is 10.3 Å². The normalized spacial score (nSPS) is 13.2. The molecule has 0 radical (unpaired) electrons. The van der Waals surface area contributed by atoms with Crippen molar-refractivity contribution < 1.29 is 14.0 Å². The Bertz CT molecular complexity index is 820. The number of benzene rings is 1. The third-order valence-electron chi connectivity index (χ3n) is 3.53. The topological polar surface area (TPSA) is 103 Å². The number of hydrogen-bond donors (Lipinski definition) is 2. The molecule has 0 aliphatic heterocycles. The molecular weight excluding hydrogens is 313 g/mol. The first-order valence-corrected chi connectivity index (χ1v) is 7.41. The maximum absolute atomic E-state index is 13.0. The Labute approximate surface area is 137 Å². The molecule has 3 rings (SSSR count). The lowest BCUT2D eigenvalue weighted by molar-refractivity contribution is 0.204. The van der Waals surface area contributed by atoms with E-state index in [1.54, 1.807) is 30.8 Å². The number of nitrogens with two attached hydrogens (primary N) is 1. The van der Waals surface area contributed by atoms with Gasteiger partial charge in [-0.1, -0.05) is 17.3 Å². The molecule has 0 fully saturated rings. The standard InChI is InChI=1S/C16H18FN5O2/c1-16(2,18)15-20-12(24-21-15)9-22-8-7-19-14(22)13(23)10-3-5-11(17)6-4-10/h3-8,13,23H,9,18H2,1-2H3. The summed E-state index contributed by atoms with van der Waals surface area (Å²) in [4.78, 5) is 8.43. The molecule has 3 N–H and O–H groups in total. The van der Waals surface area contributed by atoms with Crippen LogP contribution >= 0.6 is 0 Å². The molecule has 3 aromatic rings. The van der Waals surface area contributed by atoms with Gasteiger partial charge in [0.1, 0.15) is 24.3 Å². The van der Waals surface area contributed by atoms with Gasteiger partial charge in [-0.15, -0.1) is 0 Å². The summed E-state index contributed by atoms with van der Waals surface area (Å²) in [7, 11) is 0. The minimum Gasteiger partial charge on any atom is -0.380 e. The van der Waals surface area contributed by atoms with Crippen LogP contribution in [0.25, 0.3) is 0 Å². The van der Waals surface area contributed by atoms with Crippen molar-refractivity contribution in [3.63, 3.8) is 0 Å². The summed E-state index contributed by atoms with van der Waals surface area (Å²) in [5.41, 5.74) is 5.77. The lowest BCUT2D eigenvalue weighted by Gasteiger charge is -2.13. The number of halogens is 1. The highest BCUT2D eigenvalue weighted by Crippen LogP contribution is 2.22. The van der Waals surface area contributed by atoms with Crippen LogP contribution in [-0.2, 0) is 12.1 Å². The van der Waals surface area contributed by atoms with Gasteiger partial charge in [-0.2, -0.15) is 4.98 Å². The summed E-state index contributed by atoms with van der Waals surface area (Å²) in [6.07, 6.45) is 2.26. The third kappa shape index (κ3) is 3.34. The van der Waals surface area contributed by atoms with E-state index in [1.807, 2.05) is 0 Å². The third-order valence-corrected chi connectivity index (χ3v) is 3.53. The van der Waals surface area contributed by atoms with Gasteiger partial charge in [0.15, 0.2) is 5.82 Å². The Kier molecular flexibility index (Phi) is 4.16. The van der Waals surface area contributed by atoms with Gasteiger partial charge in [-0.05, 0) is 31.5 Å². The molecule has 7 nitrogen and oxygen atoms in total. The molecule has 1 aromatic carbocycles. The number of aliphatic hydroxyl groups excluding tert-OH is 1. The number of imidazole rings is 1. The first-order chi connectivity index (χ1) is 11.3. The quantitative estimate of drug-likeness (QED) is 0.738. The molecule has 2 heterocycles. The fraction of sp³-hybridized carbons (Fsp3) is 0.312. The number of hydrogen-bond acceptors (Lipinski definition) is 6. The molecule has 0 aliphatic carbocycles. The van der Waals surface area contributed by atoms with Crippen LogP contribution in [0.5, 0.6) is 0 Å². The Morgan fingerprint density at radius 3 is 2.67 bits per heavy atom. The average molecular weight is 331 g/mol. The van der Waals surface area contributed by atoms with E-state index in [9.17, 15) is 9.50 Å². The monoisotopic (exact) mass is 331 g/mol. The van der Waals surface area contributed by atoms with Crippen molar-refractivity contribution in [3.05, 3.63) is 65.6 Å². The predicted octanol–water partition coefficient (Wildman–Crippen LogP) is 1.73. The first kappa shape index (κ1) is 16.3. The van der Waals surface area contributed by atoms with Gasteiger partial charge in [0.2, 0.25) is 5.89 Å². The minimum absolute atomic E-state index is 0.247. The molecule has 126 valence electrons. The Balaban J connectivity index is 1.82. The van der Waals surface area contributed by atoms with E-state index in [2.05, 4.69) is 15.1 Å². The maximum atomic E-state index is 13.0. The molecule has 1 atom stereocenters. The molecular formula is C16H18FN5O2. The van der Waals surface area contributed by atoms with E-state index in [0.717, 1.165) is 0 Å². The van der Waals surface area contributed by atoms with Crippen molar-refractivity contribution in [2.24, 2.45) is 5.73 Å². The molecule has 0 aliphatic rings. The van der Waals surface area contributed by atoms with Crippen LogP contribution in [0, 0.1) is 5.82 Å². The van der Waals surface area contributed by atoms with E-state index in [0.29, 0.717) is 23.1 Å². The molecule has 0 saturated heterocycles. The van der Waals surface area contributed by atoms with E-state index in [-0.39, 0.29) is 12.4 Å². The van der Waals surface area contributed by atoms with Crippen molar-refractivity contribution >= 4 is 0 Å². The smallest absolute Gasteiger partial charge is 0.246 e. The van der Waals surface area contributed by atoms with Gasteiger partial charge in [0, 0.05) is 12.4 Å². The summed E-state index contributed by atoms with van der Waals surface area (Å²) < 4.78 is 19.9. The van der Waals surface area contributed by atoms with Crippen LogP contribution in [0.15, 0.2) is 41.2 Å². The van der Waals surface area contributed by atoms with Crippen LogP contribution in [0.1, 0.15) is 43.1 Å². The summed E-state index contributed by atoms with van der Waals surface area (Å²) >= 11 is 0. The summed E-state index contributed by atoms with van der Waals surface area (Å²) in [6.45, 7) is 3.81. The van der Waals surface area contributed by atoms with Gasteiger partial charge in [0.05, 0.1) is 5.54 Å². The molecule has 1 unspecified atom stereocenters. The van der Waals surface area contributed by atoms with Crippen molar-refractivity contribution in [2.45, 2.75) is 32.0 Å². The largest absolute Gasteiger partial charge is 0.380 e. The molecule has 8 heteroatoms. The van der Waals surface area contributed by atoms with Crippen molar-refractivity contribution in [3.8, 4) is 0 Å². The zero-order valence-corrected chi connectivity index (χ0v) is 13.3.